The van der Waals surface area contributed by atoms with Crippen LogP contribution in [0.5, 0.6) is 0 Å². The Hall–Kier alpha value is -1.29. The zero-order valence-corrected chi connectivity index (χ0v) is 8.10. The van der Waals surface area contributed by atoms with Gasteiger partial charge in [-0.2, -0.15) is 13.2 Å². The van der Waals surface area contributed by atoms with Crippen LogP contribution in [0.1, 0.15) is 5.69 Å². The summed E-state index contributed by atoms with van der Waals surface area (Å²) in [7, 11) is 0. The third kappa shape index (κ3) is 2.04. The van der Waals surface area contributed by atoms with Crippen molar-refractivity contribution in [2.24, 2.45) is 0 Å². The molecule has 1 heterocycles. The lowest BCUT2D eigenvalue weighted by Gasteiger charge is -2.06. The van der Waals surface area contributed by atoms with E-state index in [1.54, 1.807) is 12.1 Å². The number of halogens is 4. The highest BCUT2D eigenvalue weighted by atomic mass is 35.5. The molecule has 0 radical (unpaired) electrons. The molecule has 0 fully saturated rings. The van der Waals surface area contributed by atoms with Gasteiger partial charge in [0.1, 0.15) is 5.69 Å². The van der Waals surface area contributed by atoms with Gasteiger partial charge in [0.05, 0.1) is 0 Å². The van der Waals surface area contributed by atoms with Crippen molar-refractivity contribution < 1.29 is 13.2 Å². The lowest BCUT2D eigenvalue weighted by atomic mass is 10.1. The predicted octanol–water partition coefficient (Wildman–Crippen LogP) is 3.91. The van der Waals surface area contributed by atoms with Crippen molar-refractivity contribution in [2.75, 3.05) is 0 Å². The number of nitrogens with zero attached hydrogens (tertiary/aromatic N) is 1. The normalized spacial score (nSPS) is 12.0. The van der Waals surface area contributed by atoms with Gasteiger partial charge in [-0.3, -0.25) is 4.98 Å². The number of hydrogen-bond donors (Lipinski definition) is 0. The summed E-state index contributed by atoms with van der Waals surface area (Å²) in [5.41, 5.74) is -0.891. The highest BCUT2D eigenvalue weighted by Crippen LogP contribution is 2.30. The van der Waals surface area contributed by atoms with E-state index in [1.165, 1.54) is 12.3 Å². The van der Waals surface area contributed by atoms with Crippen LogP contribution in [0.15, 0.2) is 30.5 Å². The summed E-state index contributed by atoms with van der Waals surface area (Å²) in [4.78, 5) is 3.34. The van der Waals surface area contributed by atoms with Crippen LogP contribution in [-0.4, -0.2) is 4.98 Å². The minimum Gasteiger partial charge on any atom is -0.251 e. The number of pyridine rings is 1. The average molecular weight is 232 g/mol. The molecule has 0 saturated carbocycles. The highest BCUT2D eigenvalue weighted by Gasteiger charge is 2.32. The first kappa shape index (κ1) is 10.2. The minimum atomic E-state index is -4.41. The average Bonchev–Trinajstić information content (AvgIpc) is 2.15. The molecule has 0 aliphatic carbocycles. The van der Waals surface area contributed by atoms with Crippen molar-refractivity contribution in [1.82, 2.24) is 4.98 Å². The maximum atomic E-state index is 12.3. The highest BCUT2D eigenvalue weighted by molar-refractivity contribution is 6.31. The second kappa shape index (κ2) is 3.38. The largest absolute Gasteiger partial charge is 0.433 e. The molecule has 0 aliphatic rings. The first-order valence-electron chi connectivity index (χ1n) is 4.09. The summed E-state index contributed by atoms with van der Waals surface area (Å²) in [5, 5.41) is 1.54. The Morgan fingerprint density at radius 2 is 1.80 bits per heavy atom. The van der Waals surface area contributed by atoms with E-state index in [2.05, 4.69) is 4.98 Å². The fraction of sp³-hybridized carbons (Fsp3) is 0.100. The van der Waals surface area contributed by atoms with E-state index in [1.807, 2.05) is 0 Å². The third-order valence-corrected chi connectivity index (χ3v) is 2.21. The van der Waals surface area contributed by atoms with Gasteiger partial charge in [-0.05, 0) is 23.6 Å². The molecule has 5 heteroatoms. The van der Waals surface area contributed by atoms with E-state index in [0.717, 1.165) is 6.07 Å². The third-order valence-electron chi connectivity index (χ3n) is 1.97. The Kier molecular flexibility index (Phi) is 2.31. The fourth-order valence-corrected chi connectivity index (χ4v) is 1.45. The molecule has 0 atom stereocenters. The Morgan fingerprint density at radius 3 is 2.47 bits per heavy atom. The molecule has 0 N–H and O–H groups in total. The summed E-state index contributed by atoms with van der Waals surface area (Å²) in [6.07, 6.45) is -3.24. The molecular weight excluding hydrogens is 227 g/mol. The number of rotatable bonds is 0. The fourth-order valence-electron chi connectivity index (χ4n) is 1.27. The number of fused-ring (bicyclic) bond motifs is 1. The molecule has 0 amide bonds. The quantitative estimate of drug-likeness (QED) is 0.670. The molecule has 0 aliphatic heterocycles. The van der Waals surface area contributed by atoms with Crippen molar-refractivity contribution in [3.8, 4) is 0 Å². The smallest absolute Gasteiger partial charge is 0.251 e. The van der Waals surface area contributed by atoms with Gasteiger partial charge in [0.25, 0.3) is 0 Å². The lowest BCUT2D eigenvalue weighted by molar-refractivity contribution is -0.141. The van der Waals surface area contributed by atoms with Crippen LogP contribution in [0.2, 0.25) is 5.02 Å². The van der Waals surface area contributed by atoms with Gasteiger partial charge in [-0.25, -0.2) is 0 Å². The number of benzene rings is 1. The molecule has 0 bridgehead atoms. The number of aromatic nitrogens is 1. The van der Waals surface area contributed by atoms with Crippen molar-refractivity contribution in [3.63, 3.8) is 0 Å². The van der Waals surface area contributed by atoms with E-state index in [9.17, 15) is 13.2 Å². The maximum absolute atomic E-state index is 12.3. The standard InChI is InChI=1S/C10H5ClF3N/c11-8-2-1-6-4-9(10(12,13)14)15-5-7(6)3-8/h1-5H. The zero-order valence-electron chi connectivity index (χ0n) is 7.35. The number of hydrogen-bond acceptors (Lipinski definition) is 1. The van der Waals surface area contributed by atoms with Crippen molar-refractivity contribution in [2.45, 2.75) is 6.18 Å². The summed E-state index contributed by atoms with van der Waals surface area (Å²) < 4.78 is 36.9. The molecule has 1 aromatic heterocycles. The van der Waals surface area contributed by atoms with Gasteiger partial charge in [0.15, 0.2) is 0 Å². The van der Waals surface area contributed by atoms with Crippen LogP contribution < -0.4 is 0 Å². The minimum absolute atomic E-state index is 0.474. The molecule has 15 heavy (non-hydrogen) atoms. The Labute approximate surface area is 88.5 Å². The first-order chi connectivity index (χ1) is 6.97. The second-order valence-electron chi connectivity index (χ2n) is 3.06. The summed E-state index contributed by atoms with van der Waals surface area (Å²) in [6.45, 7) is 0. The monoisotopic (exact) mass is 231 g/mol. The SMILES string of the molecule is FC(F)(F)c1cc2ccc(Cl)cc2cn1. The van der Waals surface area contributed by atoms with E-state index in [-0.39, 0.29) is 0 Å². The van der Waals surface area contributed by atoms with E-state index >= 15 is 0 Å². The van der Waals surface area contributed by atoms with Crippen LogP contribution in [0, 0.1) is 0 Å². The van der Waals surface area contributed by atoms with Crippen LogP contribution in [0.3, 0.4) is 0 Å². The van der Waals surface area contributed by atoms with Gasteiger partial charge in [-0.1, -0.05) is 17.7 Å². The second-order valence-corrected chi connectivity index (χ2v) is 3.50. The van der Waals surface area contributed by atoms with Gasteiger partial charge in [0.2, 0.25) is 0 Å². The Bertz CT molecular complexity index is 507. The van der Waals surface area contributed by atoms with Crippen LogP contribution in [-0.2, 0) is 6.18 Å². The summed E-state index contributed by atoms with van der Waals surface area (Å²) >= 11 is 5.70. The maximum Gasteiger partial charge on any atom is 0.433 e. The van der Waals surface area contributed by atoms with Crippen LogP contribution in [0.25, 0.3) is 10.8 Å². The van der Waals surface area contributed by atoms with Crippen molar-refractivity contribution >= 4 is 22.4 Å². The van der Waals surface area contributed by atoms with Crippen molar-refractivity contribution in [3.05, 3.63) is 41.2 Å². The predicted molar refractivity (Wildman–Crippen MR) is 51.8 cm³/mol. The molecular formula is C10H5ClF3N. The summed E-state index contributed by atoms with van der Waals surface area (Å²) in [5.74, 6) is 0. The number of alkyl halides is 3. The van der Waals surface area contributed by atoms with E-state index in [0.29, 0.717) is 15.8 Å². The van der Waals surface area contributed by atoms with Crippen LogP contribution >= 0.6 is 11.6 Å². The molecule has 1 nitrogen and oxygen atoms in total. The van der Waals surface area contributed by atoms with E-state index in [4.69, 9.17) is 11.6 Å². The molecule has 1 aromatic carbocycles. The van der Waals surface area contributed by atoms with Crippen LogP contribution in [0.4, 0.5) is 13.2 Å². The van der Waals surface area contributed by atoms with Gasteiger partial charge >= 0.3 is 6.18 Å². The van der Waals surface area contributed by atoms with Gasteiger partial charge < -0.3 is 0 Å². The Balaban J connectivity index is 2.62. The molecule has 0 unspecified atom stereocenters. The first-order valence-corrected chi connectivity index (χ1v) is 4.47. The van der Waals surface area contributed by atoms with Gasteiger partial charge in [0, 0.05) is 16.6 Å². The zero-order chi connectivity index (χ0) is 11.1. The topological polar surface area (TPSA) is 12.9 Å². The molecule has 0 spiro atoms. The molecule has 0 saturated heterocycles. The Morgan fingerprint density at radius 1 is 1.07 bits per heavy atom. The van der Waals surface area contributed by atoms with Gasteiger partial charge in [-0.15, -0.1) is 0 Å². The molecule has 2 aromatic rings. The van der Waals surface area contributed by atoms with E-state index < -0.39 is 11.9 Å². The molecule has 2 rings (SSSR count). The summed E-state index contributed by atoms with van der Waals surface area (Å²) in [6, 6.07) is 5.66. The van der Waals surface area contributed by atoms with Crippen molar-refractivity contribution in [1.29, 1.82) is 0 Å². The lowest BCUT2D eigenvalue weighted by Crippen LogP contribution is -2.07. The molecule has 78 valence electrons.